The second-order valence-corrected chi connectivity index (χ2v) is 6.39. The molecule has 0 nitrogen and oxygen atoms in total. The highest BCUT2D eigenvalue weighted by Crippen LogP contribution is 2.27. The van der Waals surface area contributed by atoms with Gasteiger partial charge in [0, 0.05) is 15.1 Å². The van der Waals surface area contributed by atoms with E-state index in [1.807, 2.05) is 23.1 Å². The third-order valence-corrected chi connectivity index (χ3v) is 4.89. The Balaban J connectivity index is 2.17. The van der Waals surface area contributed by atoms with Gasteiger partial charge in [-0.15, -0.1) is 11.3 Å². The fraction of sp³-hybridized carbons (Fsp3) is 0.600. The molecule has 0 aliphatic heterocycles. The number of hydrogen-bond acceptors (Lipinski definition) is 2. The van der Waals surface area contributed by atoms with Crippen LogP contribution in [-0.4, -0.2) is 5.75 Å². The van der Waals surface area contributed by atoms with Crippen molar-refractivity contribution in [2.24, 2.45) is 5.92 Å². The van der Waals surface area contributed by atoms with Gasteiger partial charge in [0.05, 0.1) is 0 Å². The summed E-state index contributed by atoms with van der Waals surface area (Å²) in [5.41, 5.74) is 0. The topological polar surface area (TPSA) is 0 Å². The first-order valence-electron chi connectivity index (χ1n) is 4.49. The van der Waals surface area contributed by atoms with Crippen molar-refractivity contribution in [3.63, 3.8) is 0 Å². The molecule has 1 aromatic rings. The first kappa shape index (κ1) is 11.6. The molecular weight excluding hydrogens is 264 g/mol. The van der Waals surface area contributed by atoms with Crippen molar-refractivity contribution in [1.29, 1.82) is 0 Å². The van der Waals surface area contributed by atoms with Crippen LogP contribution in [0.5, 0.6) is 0 Å². The maximum absolute atomic E-state index is 3.54. The summed E-state index contributed by atoms with van der Waals surface area (Å²) in [5.74, 6) is 3.27. The lowest BCUT2D eigenvalue weighted by Crippen LogP contribution is -1.89. The molecule has 1 rings (SSSR count). The maximum Gasteiger partial charge on any atom is 0.0322 e. The molecule has 1 heterocycles. The van der Waals surface area contributed by atoms with Gasteiger partial charge in [0.15, 0.2) is 0 Å². The predicted octanol–water partition coefficient (Wildman–Crippen LogP) is 4.79. The minimum Gasteiger partial charge on any atom is -0.156 e. The second-order valence-electron chi connectivity index (χ2n) is 3.43. The Hall–Kier alpha value is 0.530. The normalized spacial score (nSPS) is 11.1. The quantitative estimate of drug-likeness (QED) is 0.698. The summed E-state index contributed by atoms with van der Waals surface area (Å²) in [7, 11) is 0. The molecule has 0 atom stereocenters. The molecule has 0 saturated heterocycles. The average Bonchev–Trinajstić information content (AvgIpc) is 2.45. The Morgan fingerprint density at radius 2 is 2.31 bits per heavy atom. The zero-order chi connectivity index (χ0) is 9.68. The molecule has 0 aliphatic rings. The molecule has 0 N–H and O–H groups in total. The van der Waals surface area contributed by atoms with Gasteiger partial charge in [0.1, 0.15) is 0 Å². The van der Waals surface area contributed by atoms with Crippen molar-refractivity contribution < 1.29 is 0 Å². The molecule has 0 fully saturated rings. The van der Waals surface area contributed by atoms with Gasteiger partial charge in [-0.25, -0.2) is 0 Å². The van der Waals surface area contributed by atoms with Crippen LogP contribution in [0.4, 0.5) is 0 Å². The fourth-order valence-corrected chi connectivity index (χ4v) is 4.02. The molecule has 0 spiro atoms. The van der Waals surface area contributed by atoms with E-state index >= 15 is 0 Å². The van der Waals surface area contributed by atoms with Gasteiger partial charge in [-0.2, -0.15) is 11.8 Å². The van der Waals surface area contributed by atoms with Gasteiger partial charge in [0.2, 0.25) is 0 Å². The summed E-state index contributed by atoms with van der Waals surface area (Å²) in [5, 5.41) is 2.14. The van der Waals surface area contributed by atoms with Crippen LogP contribution in [0.1, 0.15) is 25.1 Å². The molecule has 0 aromatic carbocycles. The number of thiophene rings is 1. The van der Waals surface area contributed by atoms with Gasteiger partial charge in [-0.3, -0.25) is 0 Å². The van der Waals surface area contributed by atoms with Crippen LogP contribution in [0.15, 0.2) is 15.9 Å². The Bertz CT molecular complexity index is 243. The van der Waals surface area contributed by atoms with Crippen molar-refractivity contribution >= 4 is 39.0 Å². The Labute approximate surface area is 97.3 Å². The van der Waals surface area contributed by atoms with Crippen molar-refractivity contribution in [3.05, 3.63) is 20.8 Å². The molecule has 1 aromatic heterocycles. The highest BCUT2D eigenvalue weighted by molar-refractivity contribution is 9.10. The number of thioether (sulfide) groups is 1. The smallest absolute Gasteiger partial charge is 0.0322 e. The van der Waals surface area contributed by atoms with Crippen LogP contribution >= 0.6 is 39.0 Å². The Morgan fingerprint density at radius 1 is 1.54 bits per heavy atom. The van der Waals surface area contributed by atoms with Gasteiger partial charge < -0.3 is 0 Å². The van der Waals surface area contributed by atoms with Crippen molar-refractivity contribution in [1.82, 2.24) is 0 Å². The number of halogens is 1. The standard InChI is InChI=1S/C10H15BrS2/c1-8(2)3-5-12-7-10-9(11)4-6-13-10/h4,6,8H,3,5,7H2,1-2H3. The Morgan fingerprint density at radius 3 is 2.85 bits per heavy atom. The summed E-state index contributed by atoms with van der Waals surface area (Å²) in [6.45, 7) is 4.56. The van der Waals surface area contributed by atoms with Gasteiger partial charge in [-0.05, 0) is 45.5 Å². The lowest BCUT2D eigenvalue weighted by atomic mass is 10.2. The third-order valence-electron chi connectivity index (χ3n) is 1.76. The van der Waals surface area contributed by atoms with Crippen LogP contribution in [0.25, 0.3) is 0 Å². The van der Waals surface area contributed by atoms with E-state index in [1.165, 1.54) is 21.5 Å². The van der Waals surface area contributed by atoms with Crippen molar-refractivity contribution in [2.45, 2.75) is 26.0 Å². The molecule has 0 unspecified atom stereocenters. The van der Waals surface area contributed by atoms with Crippen LogP contribution in [0.2, 0.25) is 0 Å². The largest absolute Gasteiger partial charge is 0.156 e. The van der Waals surface area contributed by atoms with Crippen LogP contribution in [0.3, 0.4) is 0 Å². The van der Waals surface area contributed by atoms with E-state index in [4.69, 9.17) is 0 Å². The minimum absolute atomic E-state index is 0.833. The average molecular weight is 279 g/mol. The molecule has 0 aliphatic carbocycles. The molecule has 0 bridgehead atoms. The van der Waals surface area contributed by atoms with Crippen molar-refractivity contribution in [2.75, 3.05) is 5.75 Å². The van der Waals surface area contributed by atoms with E-state index in [0.29, 0.717) is 0 Å². The highest BCUT2D eigenvalue weighted by Gasteiger charge is 2.01. The Kier molecular flexibility index (Phi) is 5.44. The summed E-state index contributed by atoms with van der Waals surface area (Å²) in [6, 6.07) is 2.13. The first-order valence-corrected chi connectivity index (χ1v) is 7.32. The lowest BCUT2D eigenvalue weighted by molar-refractivity contribution is 0.632. The van der Waals surface area contributed by atoms with E-state index in [0.717, 1.165) is 11.7 Å². The van der Waals surface area contributed by atoms with Gasteiger partial charge in [-0.1, -0.05) is 13.8 Å². The SMILES string of the molecule is CC(C)CCSCc1sccc1Br. The molecule has 0 radical (unpaired) electrons. The van der Waals surface area contributed by atoms with Crippen molar-refractivity contribution in [3.8, 4) is 0 Å². The number of rotatable bonds is 5. The monoisotopic (exact) mass is 278 g/mol. The van der Waals surface area contributed by atoms with E-state index in [-0.39, 0.29) is 0 Å². The first-order chi connectivity index (χ1) is 6.20. The van der Waals surface area contributed by atoms with E-state index in [9.17, 15) is 0 Å². The molecule has 3 heteroatoms. The number of hydrogen-bond donors (Lipinski definition) is 0. The highest BCUT2D eigenvalue weighted by atomic mass is 79.9. The zero-order valence-corrected chi connectivity index (χ0v) is 11.3. The van der Waals surface area contributed by atoms with Crippen LogP contribution in [0, 0.1) is 5.92 Å². The van der Waals surface area contributed by atoms with Gasteiger partial charge in [0.25, 0.3) is 0 Å². The molecule has 13 heavy (non-hydrogen) atoms. The predicted molar refractivity (Wildman–Crippen MR) is 67.6 cm³/mol. The molecule has 0 amide bonds. The summed E-state index contributed by atoms with van der Waals surface area (Å²) < 4.78 is 1.27. The summed E-state index contributed by atoms with van der Waals surface area (Å²) >= 11 is 7.42. The molecule has 74 valence electrons. The van der Waals surface area contributed by atoms with Crippen LogP contribution in [-0.2, 0) is 5.75 Å². The second kappa shape index (κ2) is 6.10. The minimum atomic E-state index is 0.833. The lowest BCUT2D eigenvalue weighted by Gasteiger charge is -2.03. The van der Waals surface area contributed by atoms with E-state index in [1.54, 1.807) is 0 Å². The van der Waals surface area contributed by atoms with E-state index < -0.39 is 0 Å². The van der Waals surface area contributed by atoms with E-state index in [2.05, 4.69) is 41.2 Å². The fourth-order valence-electron chi connectivity index (χ4n) is 0.912. The third kappa shape index (κ3) is 4.52. The maximum atomic E-state index is 3.54. The van der Waals surface area contributed by atoms with Crippen LogP contribution < -0.4 is 0 Å². The summed E-state index contributed by atoms with van der Waals surface area (Å²) in [4.78, 5) is 1.47. The molecule has 0 saturated carbocycles. The van der Waals surface area contributed by atoms with Gasteiger partial charge >= 0.3 is 0 Å². The molecular formula is C10H15BrS2. The summed E-state index contributed by atoms with van der Waals surface area (Å²) in [6.07, 6.45) is 1.33. The zero-order valence-electron chi connectivity index (χ0n) is 8.05.